The molecule has 0 radical (unpaired) electrons. The number of hydrogen-bond donors (Lipinski definition) is 0. The number of benzene rings is 1. The van der Waals surface area contributed by atoms with Gasteiger partial charge >= 0.3 is 6.18 Å². The molecule has 6 nitrogen and oxygen atoms in total. The first-order valence-electron chi connectivity index (χ1n) is 12.7. The van der Waals surface area contributed by atoms with Crippen LogP contribution in [-0.2, 0) is 4.79 Å². The molecule has 1 aromatic carbocycles. The van der Waals surface area contributed by atoms with Gasteiger partial charge in [-0.1, -0.05) is 34.8 Å². The molecule has 212 valence electrons. The standard InChI is InChI=1S/C27H30Cl3F3N4O2/c1-35(2)25(38)20-4-5-22(34-24(20)30)37-8-6-15(7-9-37)21-12-17(21)14-36(3)26(39)23(27(31,32)33)16-10-18(28)13-19(29)11-16/h4-5,10-11,13,15,17,21,23H,6-9,12,14H2,1-3H3. The zero-order chi connectivity index (χ0) is 28.6. The molecule has 2 aromatic rings. The Morgan fingerprint density at radius 1 is 1.05 bits per heavy atom. The van der Waals surface area contributed by atoms with Crippen LogP contribution in [0.25, 0.3) is 0 Å². The molecule has 3 atom stereocenters. The van der Waals surface area contributed by atoms with Crippen LogP contribution in [0.5, 0.6) is 0 Å². The molecule has 0 spiro atoms. The number of pyridine rings is 1. The number of nitrogens with zero attached hydrogens (tertiary/aromatic N) is 4. The number of aromatic nitrogens is 1. The number of likely N-dealkylation sites (N-methyl/N-ethyl adjacent to an activating group) is 1. The summed E-state index contributed by atoms with van der Waals surface area (Å²) in [6, 6.07) is 7.10. The van der Waals surface area contributed by atoms with Gasteiger partial charge in [-0.05, 0) is 72.9 Å². The van der Waals surface area contributed by atoms with Crippen LogP contribution in [0.2, 0.25) is 15.2 Å². The first kappa shape index (κ1) is 29.7. The van der Waals surface area contributed by atoms with Gasteiger partial charge in [0, 0.05) is 50.8 Å². The van der Waals surface area contributed by atoms with E-state index in [9.17, 15) is 22.8 Å². The van der Waals surface area contributed by atoms with Crippen molar-refractivity contribution >= 4 is 52.4 Å². The summed E-state index contributed by atoms with van der Waals surface area (Å²) in [6.45, 7) is 1.79. The molecule has 0 N–H and O–H groups in total. The molecule has 4 rings (SSSR count). The maximum Gasteiger partial charge on any atom is 0.404 e. The monoisotopic (exact) mass is 604 g/mol. The van der Waals surface area contributed by atoms with Gasteiger partial charge in [-0.2, -0.15) is 13.2 Å². The molecule has 2 amide bonds. The quantitative estimate of drug-likeness (QED) is 0.343. The highest BCUT2D eigenvalue weighted by Crippen LogP contribution is 2.49. The summed E-state index contributed by atoms with van der Waals surface area (Å²) in [6.07, 6.45) is -2.08. The van der Waals surface area contributed by atoms with Gasteiger partial charge in [-0.25, -0.2) is 4.98 Å². The summed E-state index contributed by atoms with van der Waals surface area (Å²) in [5.74, 6) is -1.88. The summed E-state index contributed by atoms with van der Waals surface area (Å²) in [7, 11) is 4.73. The largest absolute Gasteiger partial charge is 0.404 e. The molecule has 12 heteroatoms. The van der Waals surface area contributed by atoms with E-state index in [-0.39, 0.29) is 39.1 Å². The molecule has 1 aliphatic heterocycles. The van der Waals surface area contributed by atoms with Gasteiger partial charge in [-0.3, -0.25) is 9.59 Å². The van der Waals surface area contributed by atoms with Gasteiger partial charge in [0.1, 0.15) is 11.0 Å². The number of rotatable bonds is 7. The Balaban J connectivity index is 1.33. The summed E-state index contributed by atoms with van der Waals surface area (Å²) < 4.78 is 41.8. The normalized spacial score (nSPS) is 20.5. The molecule has 2 fully saturated rings. The predicted octanol–water partition coefficient (Wildman–Crippen LogP) is 6.40. The highest BCUT2D eigenvalue weighted by atomic mass is 35.5. The molecule has 3 unspecified atom stereocenters. The van der Waals surface area contributed by atoms with Crippen molar-refractivity contribution in [2.45, 2.75) is 31.4 Å². The lowest BCUT2D eigenvalue weighted by Crippen LogP contribution is -2.40. The van der Waals surface area contributed by atoms with Crippen molar-refractivity contribution in [2.24, 2.45) is 17.8 Å². The lowest BCUT2D eigenvalue weighted by molar-refractivity contribution is -0.171. The SMILES string of the molecule is CN(C)C(=O)c1ccc(N2CCC(C3CC3CN(C)C(=O)C(c3cc(Cl)cc(Cl)c3)C(F)(F)F)CC2)nc1Cl. The minimum absolute atomic E-state index is 0.0475. The van der Waals surface area contributed by atoms with Gasteiger partial charge in [0.2, 0.25) is 5.91 Å². The Kier molecular flexibility index (Phi) is 8.93. The molecule has 1 aromatic heterocycles. The number of alkyl halides is 3. The van der Waals surface area contributed by atoms with Crippen LogP contribution >= 0.6 is 34.8 Å². The lowest BCUT2D eigenvalue weighted by atomic mass is 9.90. The Morgan fingerprint density at radius 2 is 1.67 bits per heavy atom. The lowest BCUT2D eigenvalue weighted by Gasteiger charge is -2.33. The third kappa shape index (κ3) is 6.92. The van der Waals surface area contributed by atoms with Crippen LogP contribution in [0.15, 0.2) is 30.3 Å². The molecule has 0 bridgehead atoms. The Hall–Kier alpha value is -2.23. The van der Waals surface area contributed by atoms with E-state index < -0.39 is 18.0 Å². The van der Waals surface area contributed by atoms with E-state index in [1.165, 1.54) is 22.9 Å². The highest BCUT2D eigenvalue weighted by Gasteiger charge is 2.49. The number of piperidine rings is 1. The maximum absolute atomic E-state index is 13.9. The zero-order valence-electron chi connectivity index (χ0n) is 21.8. The average Bonchev–Trinajstić information content (AvgIpc) is 3.61. The van der Waals surface area contributed by atoms with E-state index >= 15 is 0 Å². The number of hydrogen-bond acceptors (Lipinski definition) is 4. The topological polar surface area (TPSA) is 56.8 Å². The Morgan fingerprint density at radius 3 is 2.21 bits per heavy atom. The van der Waals surface area contributed by atoms with E-state index in [0.29, 0.717) is 23.2 Å². The molecule has 1 saturated carbocycles. The van der Waals surface area contributed by atoms with E-state index in [1.54, 1.807) is 26.2 Å². The summed E-state index contributed by atoms with van der Waals surface area (Å²) in [5, 5.41) is 0.262. The molecular weight excluding hydrogens is 576 g/mol. The zero-order valence-corrected chi connectivity index (χ0v) is 24.1. The van der Waals surface area contributed by atoms with Crippen molar-refractivity contribution in [3.63, 3.8) is 0 Å². The van der Waals surface area contributed by atoms with Crippen LogP contribution in [0.1, 0.15) is 41.1 Å². The van der Waals surface area contributed by atoms with E-state index in [1.807, 2.05) is 0 Å². The van der Waals surface area contributed by atoms with Gasteiger partial charge in [0.25, 0.3) is 5.91 Å². The van der Waals surface area contributed by atoms with Gasteiger partial charge in [-0.15, -0.1) is 0 Å². The fraction of sp³-hybridized carbons (Fsp3) is 0.519. The number of halogens is 6. The molecule has 1 aliphatic carbocycles. The molecule has 1 saturated heterocycles. The smallest absolute Gasteiger partial charge is 0.357 e. The van der Waals surface area contributed by atoms with E-state index in [2.05, 4.69) is 9.88 Å². The second kappa shape index (κ2) is 11.7. The van der Waals surface area contributed by atoms with Crippen molar-refractivity contribution in [3.05, 3.63) is 56.7 Å². The highest BCUT2D eigenvalue weighted by molar-refractivity contribution is 6.34. The van der Waals surface area contributed by atoms with Gasteiger partial charge < -0.3 is 14.7 Å². The number of anilines is 1. The number of amides is 2. The van der Waals surface area contributed by atoms with Crippen molar-refractivity contribution in [3.8, 4) is 0 Å². The number of carbonyl (C=O) groups is 2. The van der Waals surface area contributed by atoms with Crippen LogP contribution in [0, 0.1) is 17.8 Å². The van der Waals surface area contributed by atoms with Crippen LogP contribution < -0.4 is 4.90 Å². The minimum atomic E-state index is -4.77. The second-order valence-corrected chi connectivity index (χ2v) is 11.8. The third-order valence-electron chi connectivity index (χ3n) is 7.59. The summed E-state index contributed by atoms with van der Waals surface area (Å²) in [5.41, 5.74) is 0.0930. The Labute approximate surface area is 241 Å². The van der Waals surface area contributed by atoms with E-state index in [4.69, 9.17) is 34.8 Å². The van der Waals surface area contributed by atoms with Crippen LogP contribution in [-0.4, -0.2) is 73.6 Å². The van der Waals surface area contributed by atoms with Crippen molar-refractivity contribution < 1.29 is 22.8 Å². The maximum atomic E-state index is 13.9. The Bertz CT molecular complexity index is 1210. The average molecular weight is 606 g/mol. The van der Waals surface area contributed by atoms with E-state index in [0.717, 1.165) is 44.5 Å². The predicted molar refractivity (Wildman–Crippen MR) is 147 cm³/mol. The van der Waals surface area contributed by atoms with Gasteiger partial charge in [0.05, 0.1) is 5.56 Å². The summed E-state index contributed by atoms with van der Waals surface area (Å²) >= 11 is 18.1. The first-order chi connectivity index (χ1) is 18.3. The van der Waals surface area contributed by atoms with Crippen LogP contribution in [0.3, 0.4) is 0 Å². The minimum Gasteiger partial charge on any atom is -0.357 e. The van der Waals surface area contributed by atoms with Crippen molar-refractivity contribution in [2.75, 3.05) is 45.7 Å². The molecule has 39 heavy (non-hydrogen) atoms. The van der Waals surface area contributed by atoms with Crippen molar-refractivity contribution in [1.82, 2.24) is 14.8 Å². The fourth-order valence-corrected chi connectivity index (χ4v) is 6.27. The number of carbonyl (C=O) groups excluding carboxylic acids is 2. The third-order valence-corrected chi connectivity index (χ3v) is 8.32. The molecular formula is C27H30Cl3F3N4O2. The summed E-state index contributed by atoms with van der Waals surface area (Å²) in [4.78, 5) is 34.4. The molecule has 2 aliphatic rings. The van der Waals surface area contributed by atoms with Gasteiger partial charge in [0.15, 0.2) is 5.92 Å². The van der Waals surface area contributed by atoms with Crippen molar-refractivity contribution in [1.29, 1.82) is 0 Å². The fourth-order valence-electron chi connectivity index (χ4n) is 5.49. The first-order valence-corrected chi connectivity index (χ1v) is 13.8. The molecule has 2 heterocycles. The second-order valence-electron chi connectivity index (χ2n) is 10.6. The van der Waals surface area contributed by atoms with Crippen LogP contribution in [0.4, 0.5) is 19.0 Å².